The molecule has 4 heteroatoms. The molecule has 2 bridgehead atoms. The lowest BCUT2D eigenvalue weighted by molar-refractivity contribution is 0.0256. The van der Waals surface area contributed by atoms with Crippen molar-refractivity contribution in [3.05, 3.63) is 17.5 Å². The van der Waals surface area contributed by atoms with Crippen LogP contribution >= 0.6 is 0 Å². The zero-order chi connectivity index (χ0) is 14.7. The van der Waals surface area contributed by atoms with Crippen molar-refractivity contribution in [2.75, 3.05) is 6.54 Å². The van der Waals surface area contributed by atoms with Gasteiger partial charge < -0.3 is 11.1 Å². The van der Waals surface area contributed by atoms with Gasteiger partial charge in [0.2, 0.25) is 0 Å². The van der Waals surface area contributed by atoms with Crippen LogP contribution in [0.15, 0.2) is 6.20 Å². The van der Waals surface area contributed by atoms with E-state index < -0.39 is 0 Å². The molecule has 3 N–H and O–H groups in total. The Labute approximate surface area is 127 Å². The first-order valence-corrected chi connectivity index (χ1v) is 8.46. The maximum Gasteiger partial charge on any atom is 0.0537 e. The van der Waals surface area contributed by atoms with E-state index >= 15 is 0 Å². The highest BCUT2D eigenvalue weighted by Crippen LogP contribution is 2.52. The number of fused-ring (bicyclic) bond motifs is 4. The molecule has 116 valence electrons. The van der Waals surface area contributed by atoms with Crippen molar-refractivity contribution in [1.29, 1.82) is 0 Å². The molecule has 3 aliphatic carbocycles. The van der Waals surface area contributed by atoms with E-state index in [9.17, 15) is 0 Å². The van der Waals surface area contributed by atoms with Crippen LogP contribution in [0.3, 0.4) is 0 Å². The largest absolute Gasteiger partial charge is 0.325 e. The van der Waals surface area contributed by atoms with Gasteiger partial charge in [-0.05, 0) is 43.9 Å². The van der Waals surface area contributed by atoms with E-state index in [1.54, 1.807) is 0 Å². The van der Waals surface area contributed by atoms with Gasteiger partial charge in [-0.15, -0.1) is 0 Å². The summed E-state index contributed by atoms with van der Waals surface area (Å²) in [6, 6.07) is 0. The van der Waals surface area contributed by atoms with E-state index in [0.29, 0.717) is 5.41 Å². The Morgan fingerprint density at radius 1 is 1.19 bits per heavy atom. The molecular weight excluding hydrogens is 260 g/mol. The molecular formula is C17H28N4. The Morgan fingerprint density at radius 2 is 1.86 bits per heavy atom. The molecule has 0 atom stereocenters. The van der Waals surface area contributed by atoms with E-state index in [0.717, 1.165) is 19.6 Å². The molecule has 3 saturated carbocycles. The van der Waals surface area contributed by atoms with Crippen molar-refractivity contribution in [2.45, 2.75) is 76.4 Å². The number of hydrogen-bond donors (Lipinski definition) is 2. The average Bonchev–Trinajstić information content (AvgIpc) is 2.85. The maximum atomic E-state index is 6.45. The highest BCUT2D eigenvalue weighted by atomic mass is 15.3. The van der Waals surface area contributed by atoms with Crippen LogP contribution in [0.5, 0.6) is 0 Å². The highest BCUT2D eigenvalue weighted by molar-refractivity contribution is 5.29. The summed E-state index contributed by atoms with van der Waals surface area (Å²) >= 11 is 0. The quantitative estimate of drug-likeness (QED) is 0.878. The number of nitrogens with zero attached hydrogens (tertiary/aromatic N) is 2. The third-order valence-corrected chi connectivity index (χ3v) is 6.38. The van der Waals surface area contributed by atoms with E-state index in [4.69, 9.17) is 10.8 Å². The van der Waals surface area contributed by atoms with Gasteiger partial charge in [-0.3, -0.25) is 4.68 Å². The van der Waals surface area contributed by atoms with Gasteiger partial charge in [-0.1, -0.05) is 13.8 Å². The second-order valence-electron chi connectivity index (χ2n) is 8.53. The SMILES string of the molecule is CC1(C)CNCc2cnn(CC34CCC(N)(CC3)CC4)c21. The predicted octanol–water partition coefficient (Wildman–Crippen LogP) is 2.32. The minimum Gasteiger partial charge on any atom is -0.325 e. The van der Waals surface area contributed by atoms with Crippen LogP contribution in [0.2, 0.25) is 0 Å². The molecule has 0 aromatic carbocycles. The van der Waals surface area contributed by atoms with E-state index in [-0.39, 0.29) is 11.0 Å². The first kappa shape index (κ1) is 13.8. The van der Waals surface area contributed by atoms with Crippen molar-refractivity contribution >= 4 is 0 Å². The minimum absolute atomic E-state index is 0.161. The number of nitrogens with one attached hydrogen (secondary N) is 1. The van der Waals surface area contributed by atoms with E-state index in [1.807, 2.05) is 0 Å². The molecule has 1 aromatic heterocycles. The number of rotatable bonds is 2. The lowest BCUT2D eigenvalue weighted by Crippen LogP contribution is -2.53. The van der Waals surface area contributed by atoms with Crippen molar-refractivity contribution in [3.63, 3.8) is 0 Å². The van der Waals surface area contributed by atoms with Crippen LogP contribution in [0.25, 0.3) is 0 Å². The van der Waals surface area contributed by atoms with Crippen LogP contribution in [0, 0.1) is 5.41 Å². The fourth-order valence-corrected chi connectivity index (χ4v) is 4.90. The standard InChI is InChI=1S/C17H28N4/c1-15(2)11-19-9-13-10-20-21(14(13)15)12-16-3-6-17(18,7-4-16)8-5-16/h10,19H,3-9,11-12,18H2,1-2H3. The fraction of sp³-hybridized carbons (Fsp3) is 0.824. The van der Waals surface area contributed by atoms with Gasteiger partial charge in [0.15, 0.2) is 0 Å². The maximum absolute atomic E-state index is 6.45. The van der Waals surface area contributed by atoms with Gasteiger partial charge in [-0.2, -0.15) is 5.10 Å². The first-order valence-electron chi connectivity index (χ1n) is 8.46. The van der Waals surface area contributed by atoms with Gasteiger partial charge in [0.25, 0.3) is 0 Å². The normalized spacial score (nSPS) is 37.5. The number of aromatic nitrogens is 2. The molecule has 0 radical (unpaired) electrons. The Bertz CT molecular complexity index is 533. The summed E-state index contributed by atoms with van der Waals surface area (Å²) in [5.74, 6) is 0. The third-order valence-electron chi connectivity index (χ3n) is 6.38. The molecule has 0 amide bonds. The molecule has 5 rings (SSSR count). The van der Waals surface area contributed by atoms with Crippen LogP contribution in [0.1, 0.15) is 63.6 Å². The van der Waals surface area contributed by atoms with Gasteiger partial charge in [0.1, 0.15) is 0 Å². The highest BCUT2D eigenvalue weighted by Gasteiger charge is 2.47. The van der Waals surface area contributed by atoms with Crippen LogP contribution in [-0.2, 0) is 18.5 Å². The minimum atomic E-state index is 0.161. The molecule has 0 spiro atoms. The van der Waals surface area contributed by atoms with Gasteiger partial charge in [0, 0.05) is 41.8 Å². The van der Waals surface area contributed by atoms with Gasteiger partial charge in [0.05, 0.1) is 6.20 Å². The number of hydrogen-bond acceptors (Lipinski definition) is 3. The van der Waals surface area contributed by atoms with E-state index in [2.05, 4.69) is 30.0 Å². The molecule has 0 saturated heterocycles. The van der Waals surface area contributed by atoms with Crippen molar-refractivity contribution in [1.82, 2.24) is 15.1 Å². The Hall–Kier alpha value is -0.870. The Morgan fingerprint density at radius 3 is 2.52 bits per heavy atom. The van der Waals surface area contributed by atoms with Crippen molar-refractivity contribution in [3.8, 4) is 0 Å². The summed E-state index contributed by atoms with van der Waals surface area (Å²) in [7, 11) is 0. The summed E-state index contributed by atoms with van der Waals surface area (Å²) < 4.78 is 2.34. The van der Waals surface area contributed by atoms with Crippen molar-refractivity contribution < 1.29 is 0 Å². The van der Waals surface area contributed by atoms with Crippen molar-refractivity contribution in [2.24, 2.45) is 11.1 Å². The molecule has 21 heavy (non-hydrogen) atoms. The molecule has 4 nitrogen and oxygen atoms in total. The zero-order valence-electron chi connectivity index (χ0n) is 13.4. The summed E-state index contributed by atoms with van der Waals surface area (Å²) in [4.78, 5) is 0. The fourth-order valence-electron chi connectivity index (χ4n) is 4.90. The molecule has 2 heterocycles. The summed E-state index contributed by atoms with van der Waals surface area (Å²) in [5, 5.41) is 8.28. The van der Waals surface area contributed by atoms with Crippen LogP contribution in [0.4, 0.5) is 0 Å². The van der Waals surface area contributed by atoms with Gasteiger partial charge >= 0.3 is 0 Å². The van der Waals surface area contributed by atoms with Crippen LogP contribution in [-0.4, -0.2) is 21.9 Å². The third kappa shape index (κ3) is 2.15. The summed E-state index contributed by atoms with van der Waals surface area (Å²) in [6.45, 7) is 7.78. The smallest absolute Gasteiger partial charge is 0.0537 e. The summed E-state index contributed by atoms with van der Waals surface area (Å²) in [6.07, 6.45) is 9.58. The lowest BCUT2D eigenvalue weighted by atomic mass is 9.57. The Balaban J connectivity index is 1.63. The number of nitrogens with two attached hydrogens (primary N) is 1. The van der Waals surface area contributed by atoms with Gasteiger partial charge in [-0.25, -0.2) is 0 Å². The topological polar surface area (TPSA) is 55.9 Å². The lowest BCUT2D eigenvalue weighted by Gasteiger charge is -2.52. The summed E-state index contributed by atoms with van der Waals surface area (Å²) in [5.41, 5.74) is 10.1. The molecule has 4 aliphatic rings. The molecule has 1 aromatic rings. The Kier molecular flexibility index (Phi) is 2.84. The predicted molar refractivity (Wildman–Crippen MR) is 84.0 cm³/mol. The zero-order valence-corrected chi connectivity index (χ0v) is 13.4. The monoisotopic (exact) mass is 288 g/mol. The van der Waals surface area contributed by atoms with E-state index in [1.165, 1.54) is 49.8 Å². The molecule has 0 unspecified atom stereocenters. The van der Waals surface area contributed by atoms with Crippen LogP contribution < -0.4 is 11.1 Å². The average molecular weight is 288 g/mol. The molecule has 3 fully saturated rings. The molecule has 1 aliphatic heterocycles. The second kappa shape index (κ2) is 4.32. The first-order chi connectivity index (χ1) is 9.92. The second-order valence-corrected chi connectivity index (χ2v) is 8.53.